The number of amides is 1. The van der Waals surface area contributed by atoms with Crippen LogP contribution < -0.4 is 5.32 Å². The summed E-state index contributed by atoms with van der Waals surface area (Å²) in [6.07, 6.45) is 5.40. The zero-order valence-corrected chi connectivity index (χ0v) is 12.5. The molecule has 2 aromatic carbocycles. The molecule has 0 aliphatic heterocycles. The van der Waals surface area contributed by atoms with Gasteiger partial charge in [0.25, 0.3) is 5.91 Å². The van der Waals surface area contributed by atoms with Gasteiger partial charge in [-0.1, -0.05) is 35.9 Å². The van der Waals surface area contributed by atoms with Crippen LogP contribution in [0.15, 0.2) is 67.3 Å². The molecule has 0 spiro atoms. The van der Waals surface area contributed by atoms with Gasteiger partial charge in [-0.05, 0) is 29.8 Å². The Morgan fingerprint density at radius 1 is 1.18 bits per heavy atom. The number of nitrogens with one attached hydrogen (secondary N) is 1. The van der Waals surface area contributed by atoms with E-state index in [0.717, 1.165) is 11.3 Å². The highest BCUT2D eigenvalue weighted by Crippen LogP contribution is 2.18. The van der Waals surface area contributed by atoms with E-state index in [9.17, 15) is 4.79 Å². The van der Waals surface area contributed by atoms with Crippen LogP contribution in [0.4, 0.5) is 5.69 Å². The van der Waals surface area contributed by atoms with Crippen LogP contribution >= 0.6 is 11.6 Å². The SMILES string of the molecule is O=C(Nc1cccc(Cn2ccnc2)c1)c1ccccc1Cl. The van der Waals surface area contributed by atoms with Gasteiger partial charge < -0.3 is 9.88 Å². The van der Waals surface area contributed by atoms with Crippen LogP contribution in [-0.4, -0.2) is 15.5 Å². The number of nitrogens with zero attached hydrogens (tertiary/aromatic N) is 2. The van der Waals surface area contributed by atoms with Crippen molar-refractivity contribution in [2.75, 3.05) is 5.32 Å². The molecule has 110 valence electrons. The number of imidazole rings is 1. The van der Waals surface area contributed by atoms with E-state index in [4.69, 9.17) is 11.6 Å². The number of halogens is 1. The fourth-order valence-electron chi connectivity index (χ4n) is 2.18. The van der Waals surface area contributed by atoms with Crippen molar-refractivity contribution in [3.8, 4) is 0 Å². The van der Waals surface area contributed by atoms with Crippen LogP contribution in [0.3, 0.4) is 0 Å². The number of hydrogen-bond donors (Lipinski definition) is 1. The minimum atomic E-state index is -0.217. The summed E-state index contributed by atoms with van der Waals surface area (Å²) < 4.78 is 1.97. The third-order valence-corrected chi connectivity index (χ3v) is 3.56. The molecule has 0 radical (unpaired) electrons. The molecule has 1 N–H and O–H groups in total. The Labute approximate surface area is 133 Å². The summed E-state index contributed by atoms with van der Waals surface area (Å²) >= 11 is 6.04. The Hall–Kier alpha value is -2.59. The topological polar surface area (TPSA) is 46.9 Å². The maximum atomic E-state index is 12.3. The number of rotatable bonds is 4. The second kappa shape index (κ2) is 6.45. The van der Waals surface area contributed by atoms with E-state index in [1.807, 2.05) is 35.0 Å². The first kappa shape index (κ1) is 14.4. The van der Waals surface area contributed by atoms with Gasteiger partial charge in [0.15, 0.2) is 0 Å². The van der Waals surface area contributed by atoms with Gasteiger partial charge in [0.2, 0.25) is 0 Å². The first-order valence-corrected chi connectivity index (χ1v) is 7.21. The zero-order valence-electron chi connectivity index (χ0n) is 11.7. The minimum Gasteiger partial charge on any atom is -0.333 e. The van der Waals surface area contributed by atoms with Gasteiger partial charge >= 0.3 is 0 Å². The van der Waals surface area contributed by atoms with Crippen molar-refractivity contribution in [2.24, 2.45) is 0 Å². The molecule has 0 atom stereocenters. The number of hydrogen-bond acceptors (Lipinski definition) is 2. The number of carbonyl (C=O) groups excluding carboxylic acids is 1. The van der Waals surface area contributed by atoms with Crippen molar-refractivity contribution in [2.45, 2.75) is 6.54 Å². The van der Waals surface area contributed by atoms with Crippen LogP contribution in [0.1, 0.15) is 15.9 Å². The Morgan fingerprint density at radius 3 is 2.82 bits per heavy atom. The third-order valence-electron chi connectivity index (χ3n) is 3.23. The van der Waals surface area contributed by atoms with Crippen LogP contribution in [-0.2, 0) is 6.54 Å². The van der Waals surface area contributed by atoms with Crippen molar-refractivity contribution in [3.05, 3.63) is 83.4 Å². The van der Waals surface area contributed by atoms with Gasteiger partial charge in [0, 0.05) is 24.6 Å². The molecule has 1 heterocycles. The maximum Gasteiger partial charge on any atom is 0.257 e. The monoisotopic (exact) mass is 311 g/mol. The van der Waals surface area contributed by atoms with Gasteiger partial charge in [-0.25, -0.2) is 4.98 Å². The van der Waals surface area contributed by atoms with E-state index in [0.29, 0.717) is 17.1 Å². The normalized spacial score (nSPS) is 10.4. The molecule has 5 heteroatoms. The van der Waals surface area contributed by atoms with E-state index in [2.05, 4.69) is 10.3 Å². The molecular weight excluding hydrogens is 298 g/mol. The Morgan fingerprint density at radius 2 is 2.05 bits per heavy atom. The predicted molar refractivity (Wildman–Crippen MR) is 87.2 cm³/mol. The fourth-order valence-corrected chi connectivity index (χ4v) is 2.40. The summed E-state index contributed by atoms with van der Waals surface area (Å²) in [6.45, 7) is 0.704. The molecule has 4 nitrogen and oxygen atoms in total. The average Bonchev–Trinajstić information content (AvgIpc) is 3.01. The molecule has 0 saturated carbocycles. The van der Waals surface area contributed by atoms with Gasteiger partial charge in [0.05, 0.1) is 16.9 Å². The van der Waals surface area contributed by atoms with Crippen molar-refractivity contribution in [3.63, 3.8) is 0 Å². The maximum absolute atomic E-state index is 12.3. The summed E-state index contributed by atoms with van der Waals surface area (Å²) in [5.74, 6) is -0.217. The van der Waals surface area contributed by atoms with E-state index in [-0.39, 0.29) is 5.91 Å². The number of anilines is 1. The first-order chi connectivity index (χ1) is 10.7. The Bertz CT molecular complexity index is 784. The van der Waals surface area contributed by atoms with Gasteiger partial charge in [-0.15, -0.1) is 0 Å². The van der Waals surface area contributed by atoms with Crippen molar-refractivity contribution in [1.29, 1.82) is 0 Å². The molecule has 3 rings (SSSR count). The molecule has 22 heavy (non-hydrogen) atoms. The van der Waals surface area contributed by atoms with Crippen molar-refractivity contribution >= 4 is 23.2 Å². The number of aromatic nitrogens is 2. The standard InChI is InChI=1S/C17H14ClN3O/c18-16-7-2-1-6-15(16)17(22)20-14-5-3-4-13(10-14)11-21-9-8-19-12-21/h1-10,12H,11H2,(H,20,22). The largest absolute Gasteiger partial charge is 0.333 e. The van der Waals surface area contributed by atoms with E-state index in [1.165, 1.54) is 0 Å². The lowest BCUT2D eigenvalue weighted by Crippen LogP contribution is -2.12. The van der Waals surface area contributed by atoms with Crippen LogP contribution in [0.2, 0.25) is 5.02 Å². The highest BCUT2D eigenvalue weighted by molar-refractivity contribution is 6.34. The first-order valence-electron chi connectivity index (χ1n) is 6.83. The number of benzene rings is 2. The molecule has 0 fully saturated rings. The molecular formula is C17H14ClN3O. The van der Waals surface area contributed by atoms with Crippen molar-refractivity contribution in [1.82, 2.24) is 9.55 Å². The molecule has 0 saturated heterocycles. The molecule has 0 bridgehead atoms. The molecule has 0 aliphatic carbocycles. The summed E-state index contributed by atoms with van der Waals surface area (Å²) in [5.41, 5.74) is 2.28. The summed E-state index contributed by atoms with van der Waals surface area (Å²) in [7, 11) is 0. The smallest absolute Gasteiger partial charge is 0.257 e. The second-order valence-corrected chi connectivity index (χ2v) is 5.28. The van der Waals surface area contributed by atoms with Crippen LogP contribution in [0.5, 0.6) is 0 Å². The van der Waals surface area contributed by atoms with E-state index >= 15 is 0 Å². The lowest BCUT2D eigenvalue weighted by molar-refractivity contribution is 0.102. The lowest BCUT2D eigenvalue weighted by Gasteiger charge is -2.09. The molecule has 1 amide bonds. The predicted octanol–water partition coefficient (Wildman–Crippen LogP) is 3.84. The molecule has 3 aromatic rings. The lowest BCUT2D eigenvalue weighted by atomic mass is 10.1. The average molecular weight is 312 g/mol. The Kier molecular flexibility index (Phi) is 4.21. The highest BCUT2D eigenvalue weighted by atomic mass is 35.5. The van der Waals surface area contributed by atoms with E-state index in [1.54, 1.807) is 36.8 Å². The van der Waals surface area contributed by atoms with Crippen molar-refractivity contribution < 1.29 is 4.79 Å². The van der Waals surface area contributed by atoms with Crippen LogP contribution in [0, 0.1) is 0 Å². The third kappa shape index (κ3) is 3.35. The Balaban J connectivity index is 1.75. The second-order valence-electron chi connectivity index (χ2n) is 4.87. The van der Waals surface area contributed by atoms with Gasteiger partial charge in [-0.2, -0.15) is 0 Å². The quantitative estimate of drug-likeness (QED) is 0.796. The summed E-state index contributed by atoms with van der Waals surface area (Å²) in [4.78, 5) is 16.3. The van der Waals surface area contributed by atoms with Gasteiger partial charge in [-0.3, -0.25) is 4.79 Å². The zero-order chi connectivity index (χ0) is 15.4. The molecule has 0 aliphatic rings. The number of carbonyl (C=O) groups is 1. The molecule has 0 unspecified atom stereocenters. The fraction of sp³-hybridized carbons (Fsp3) is 0.0588. The minimum absolute atomic E-state index is 0.217. The summed E-state index contributed by atoms with van der Waals surface area (Å²) in [6, 6.07) is 14.7. The highest BCUT2D eigenvalue weighted by Gasteiger charge is 2.09. The van der Waals surface area contributed by atoms with E-state index < -0.39 is 0 Å². The van der Waals surface area contributed by atoms with Crippen LogP contribution in [0.25, 0.3) is 0 Å². The molecule has 1 aromatic heterocycles. The summed E-state index contributed by atoms with van der Waals surface area (Å²) in [5, 5.41) is 3.31. The van der Waals surface area contributed by atoms with Gasteiger partial charge in [0.1, 0.15) is 0 Å².